The number of hydrogen-bond donors (Lipinski definition) is 2. The molecule has 3 heteroatoms. The molecule has 0 rings (SSSR count). The summed E-state index contributed by atoms with van der Waals surface area (Å²) in [7, 11) is 0. The largest absolute Gasteiger partial charge is 0.369 e. The number of carbonyl (C=O) groups is 1. The normalized spacial score (nSPS) is 17.1. The van der Waals surface area contributed by atoms with Crippen molar-refractivity contribution >= 4 is 5.91 Å². The lowest BCUT2D eigenvalue weighted by atomic mass is 9.74. The Morgan fingerprint density at radius 2 is 1.67 bits per heavy atom. The van der Waals surface area contributed by atoms with Gasteiger partial charge in [-0.1, -0.05) is 20.8 Å². The number of carbonyl (C=O) groups excluding carboxylic acids is 1. The SMILES string of the molecule is CC(C)(C)CC(C)(CN)C(N)=O. The van der Waals surface area contributed by atoms with Gasteiger partial charge >= 0.3 is 0 Å². The van der Waals surface area contributed by atoms with Gasteiger partial charge in [-0.05, 0) is 18.8 Å². The quantitative estimate of drug-likeness (QED) is 0.663. The van der Waals surface area contributed by atoms with E-state index in [2.05, 4.69) is 20.8 Å². The third kappa shape index (κ3) is 3.22. The van der Waals surface area contributed by atoms with Gasteiger partial charge in [-0.3, -0.25) is 4.79 Å². The van der Waals surface area contributed by atoms with E-state index in [1.165, 1.54) is 0 Å². The van der Waals surface area contributed by atoms with Crippen LogP contribution in [0.2, 0.25) is 0 Å². The second kappa shape index (κ2) is 3.44. The first kappa shape index (κ1) is 11.4. The van der Waals surface area contributed by atoms with Gasteiger partial charge in [0.2, 0.25) is 5.91 Å². The number of amides is 1. The maximum atomic E-state index is 11.1. The summed E-state index contributed by atoms with van der Waals surface area (Å²) in [6, 6.07) is 0. The molecule has 0 aliphatic carbocycles. The monoisotopic (exact) mass is 172 g/mol. The molecule has 0 saturated heterocycles. The third-order valence-electron chi connectivity index (χ3n) is 1.97. The van der Waals surface area contributed by atoms with Crippen molar-refractivity contribution in [3.05, 3.63) is 0 Å². The number of hydrogen-bond acceptors (Lipinski definition) is 2. The average molecular weight is 172 g/mol. The molecule has 0 saturated carbocycles. The minimum absolute atomic E-state index is 0.0865. The molecule has 0 aliphatic heterocycles. The third-order valence-corrected chi connectivity index (χ3v) is 1.97. The van der Waals surface area contributed by atoms with Crippen LogP contribution in [-0.2, 0) is 4.79 Å². The van der Waals surface area contributed by atoms with E-state index in [-0.39, 0.29) is 11.3 Å². The van der Waals surface area contributed by atoms with Crippen LogP contribution in [0.4, 0.5) is 0 Å². The van der Waals surface area contributed by atoms with Crippen molar-refractivity contribution in [3.63, 3.8) is 0 Å². The zero-order valence-electron chi connectivity index (χ0n) is 8.48. The minimum Gasteiger partial charge on any atom is -0.369 e. The lowest BCUT2D eigenvalue weighted by molar-refractivity contribution is -0.127. The molecule has 0 bridgehead atoms. The lowest BCUT2D eigenvalue weighted by Gasteiger charge is -2.31. The van der Waals surface area contributed by atoms with Gasteiger partial charge in [-0.25, -0.2) is 0 Å². The van der Waals surface area contributed by atoms with Crippen molar-refractivity contribution in [1.82, 2.24) is 0 Å². The summed E-state index contributed by atoms with van der Waals surface area (Å²) in [5, 5.41) is 0. The summed E-state index contributed by atoms with van der Waals surface area (Å²) < 4.78 is 0. The van der Waals surface area contributed by atoms with E-state index in [1.54, 1.807) is 0 Å². The highest BCUT2D eigenvalue weighted by molar-refractivity contribution is 5.80. The molecule has 0 spiro atoms. The molecule has 1 unspecified atom stereocenters. The molecule has 3 nitrogen and oxygen atoms in total. The average Bonchev–Trinajstić information content (AvgIpc) is 1.83. The van der Waals surface area contributed by atoms with Crippen LogP contribution in [0.5, 0.6) is 0 Å². The standard InChI is InChI=1S/C9H20N2O/c1-8(2,3)5-9(4,6-10)7(11)12/h5-6,10H2,1-4H3,(H2,11,12). The molecule has 0 fully saturated rings. The van der Waals surface area contributed by atoms with Gasteiger partial charge < -0.3 is 11.5 Å². The zero-order valence-corrected chi connectivity index (χ0v) is 8.48. The number of rotatable bonds is 3. The van der Waals surface area contributed by atoms with Crippen LogP contribution in [0.25, 0.3) is 0 Å². The Balaban J connectivity index is 4.46. The van der Waals surface area contributed by atoms with Gasteiger partial charge in [0, 0.05) is 6.54 Å². The Hall–Kier alpha value is -0.570. The van der Waals surface area contributed by atoms with E-state index < -0.39 is 5.41 Å². The Labute approximate surface area is 74.5 Å². The first-order chi connectivity index (χ1) is 5.21. The Morgan fingerprint density at radius 3 is 1.75 bits per heavy atom. The fourth-order valence-corrected chi connectivity index (χ4v) is 1.43. The van der Waals surface area contributed by atoms with Crippen LogP contribution in [0.15, 0.2) is 0 Å². The molecule has 0 aliphatic rings. The molecule has 0 aromatic heterocycles. The molecule has 0 heterocycles. The predicted octanol–water partition coefficient (Wildman–Crippen LogP) is 0.873. The Bertz CT molecular complexity index is 172. The maximum absolute atomic E-state index is 11.1. The van der Waals surface area contributed by atoms with Crippen LogP contribution < -0.4 is 11.5 Å². The first-order valence-corrected chi connectivity index (χ1v) is 4.21. The topological polar surface area (TPSA) is 69.1 Å². The maximum Gasteiger partial charge on any atom is 0.224 e. The smallest absolute Gasteiger partial charge is 0.224 e. The summed E-state index contributed by atoms with van der Waals surface area (Å²) in [5.74, 6) is -0.306. The van der Waals surface area contributed by atoms with Crippen molar-refractivity contribution < 1.29 is 4.79 Å². The van der Waals surface area contributed by atoms with Crippen LogP contribution in [0.3, 0.4) is 0 Å². The number of primary amides is 1. The van der Waals surface area contributed by atoms with E-state index in [1.807, 2.05) is 6.92 Å². The van der Waals surface area contributed by atoms with Gasteiger partial charge in [-0.15, -0.1) is 0 Å². The van der Waals surface area contributed by atoms with Gasteiger partial charge in [0.15, 0.2) is 0 Å². The minimum atomic E-state index is -0.557. The summed E-state index contributed by atoms with van der Waals surface area (Å²) in [6.45, 7) is 8.36. The molecule has 1 atom stereocenters. The zero-order chi connectivity index (χ0) is 9.99. The fraction of sp³-hybridized carbons (Fsp3) is 0.889. The van der Waals surface area contributed by atoms with Gasteiger partial charge in [0.25, 0.3) is 0 Å². The van der Waals surface area contributed by atoms with Crippen LogP contribution in [0, 0.1) is 10.8 Å². The van der Waals surface area contributed by atoms with Crippen molar-refractivity contribution in [2.75, 3.05) is 6.54 Å². The summed E-state index contributed by atoms with van der Waals surface area (Å²) >= 11 is 0. The van der Waals surface area contributed by atoms with E-state index in [4.69, 9.17) is 11.5 Å². The molecule has 0 radical (unpaired) electrons. The molecule has 1 amide bonds. The molecule has 0 aromatic carbocycles. The van der Waals surface area contributed by atoms with E-state index >= 15 is 0 Å². The lowest BCUT2D eigenvalue weighted by Crippen LogP contribution is -2.43. The first-order valence-electron chi connectivity index (χ1n) is 4.21. The molecular formula is C9H20N2O. The second-order valence-electron chi connectivity index (χ2n) is 4.87. The van der Waals surface area contributed by atoms with Gasteiger partial charge in [-0.2, -0.15) is 0 Å². The van der Waals surface area contributed by atoms with Crippen molar-refractivity contribution in [2.24, 2.45) is 22.3 Å². The highest BCUT2D eigenvalue weighted by Gasteiger charge is 2.33. The predicted molar refractivity (Wildman–Crippen MR) is 50.4 cm³/mol. The highest BCUT2D eigenvalue weighted by Crippen LogP contribution is 2.32. The van der Waals surface area contributed by atoms with E-state index in [9.17, 15) is 4.79 Å². The van der Waals surface area contributed by atoms with Crippen LogP contribution in [0.1, 0.15) is 34.1 Å². The van der Waals surface area contributed by atoms with Gasteiger partial charge in [0.1, 0.15) is 0 Å². The Morgan fingerprint density at radius 1 is 1.25 bits per heavy atom. The molecule has 0 aromatic rings. The summed E-state index contributed by atoms with van der Waals surface area (Å²) in [4.78, 5) is 11.1. The van der Waals surface area contributed by atoms with Crippen LogP contribution in [-0.4, -0.2) is 12.5 Å². The fourth-order valence-electron chi connectivity index (χ4n) is 1.43. The second-order valence-corrected chi connectivity index (χ2v) is 4.87. The molecule has 72 valence electrons. The van der Waals surface area contributed by atoms with Crippen LogP contribution >= 0.6 is 0 Å². The Kier molecular flexibility index (Phi) is 3.27. The molecule has 12 heavy (non-hydrogen) atoms. The van der Waals surface area contributed by atoms with E-state index in [0.29, 0.717) is 6.54 Å². The van der Waals surface area contributed by atoms with Crippen molar-refractivity contribution in [1.29, 1.82) is 0 Å². The molecule has 4 N–H and O–H groups in total. The van der Waals surface area contributed by atoms with Crippen molar-refractivity contribution in [3.8, 4) is 0 Å². The molecular weight excluding hydrogens is 152 g/mol. The van der Waals surface area contributed by atoms with Gasteiger partial charge in [0.05, 0.1) is 5.41 Å². The number of nitrogens with two attached hydrogens (primary N) is 2. The van der Waals surface area contributed by atoms with E-state index in [0.717, 1.165) is 6.42 Å². The van der Waals surface area contributed by atoms with Crippen molar-refractivity contribution in [2.45, 2.75) is 34.1 Å². The highest BCUT2D eigenvalue weighted by atomic mass is 16.1. The summed E-state index contributed by atoms with van der Waals surface area (Å²) in [6.07, 6.45) is 0.728. The summed E-state index contributed by atoms with van der Waals surface area (Å²) in [5.41, 5.74) is 10.3.